The zero-order valence-corrected chi connectivity index (χ0v) is 20.3. The van der Waals surface area contributed by atoms with Gasteiger partial charge in [-0.2, -0.15) is 0 Å². The molecule has 0 aliphatic heterocycles. The molecule has 1 unspecified atom stereocenters. The molecule has 0 bridgehead atoms. The van der Waals surface area contributed by atoms with Crippen LogP contribution in [0.25, 0.3) is 4.91 Å². The van der Waals surface area contributed by atoms with Crippen LogP contribution in [-0.2, 0) is 35.4 Å². The molecule has 1 heterocycles. The highest BCUT2D eigenvalue weighted by Crippen LogP contribution is 2.35. The minimum atomic E-state index is -4.14. The number of methoxy groups -OCH3 is 4. The normalized spacial score (nSPS) is 20.7. The van der Waals surface area contributed by atoms with Crippen molar-refractivity contribution in [2.75, 3.05) is 28.4 Å². The van der Waals surface area contributed by atoms with Crippen LogP contribution in [0.3, 0.4) is 0 Å². The van der Waals surface area contributed by atoms with Crippen molar-refractivity contribution in [2.24, 2.45) is 0 Å². The molecule has 0 saturated heterocycles. The van der Waals surface area contributed by atoms with Gasteiger partial charge in [-0.3, -0.25) is 4.72 Å². The van der Waals surface area contributed by atoms with E-state index in [9.17, 15) is 8.42 Å². The van der Waals surface area contributed by atoms with Gasteiger partial charge in [0.15, 0.2) is 11.5 Å². The molecule has 4 rings (SSSR count). The van der Waals surface area contributed by atoms with E-state index in [1.807, 2.05) is 12.2 Å². The topological polar surface area (TPSA) is 134 Å². The van der Waals surface area contributed by atoms with E-state index in [1.165, 1.54) is 7.11 Å². The minimum Gasteiger partial charge on any atom is -0.497 e. The first kappa shape index (κ1) is 23.9. The van der Waals surface area contributed by atoms with Crippen molar-refractivity contribution in [1.82, 2.24) is 20.4 Å². The molecule has 184 valence electrons. The molecule has 1 atom stereocenters. The summed E-state index contributed by atoms with van der Waals surface area (Å²) in [5.74, 6) is 1.60. The lowest BCUT2D eigenvalue weighted by Gasteiger charge is -2.26. The molecule has 2 N–H and O–H groups in total. The minimum absolute atomic E-state index is 0.0493. The van der Waals surface area contributed by atoms with E-state index in [2.05, 4.69) is 20.4 Å². The molecular weight excluding hydrogens is 464 g/mol. The van der Waals surface area contributed by atoms with Crippen molar-refractivity contribution in [1.29, 1.82) is 0 Å². The van der Waals surface area contributed by atoms with Gasteiger partial charge in [0.1, 0.15) is 28.2 Å². The Morgan fingerprint density at radius 2 is 1.88 bits per heavy atom. The Bertz CT molecular complexity index is 1210. The van der Waals surface area contributed by atoms with Crippen LogP contribution in [0.4, 0.5) is 0 Å². The number of hydrogen-bond acceptors (Lipinski definition) is 10. The first-order valence-corrected chi connectivity index (χ1v) is 12.3. The molecule has 0 aromatic carbocycles. The molecule has 3 aliphatic carbocycles. The lowest BCUT2D eigenvalue weighted by atomic mass is 10.0. The number of aryl methyl sites for hydroxylation is 1. The molecular formula is C22H28N4O7S. The van der Waals surface area contributed by atoms with Gasteiger partial charge in [-0.15, -0.1) is 0 Å². The van der Waals surface area contributed by atoms with Crippen LogP contribution in [0, 0.1) is 0 Å². The monoisotopic (exact) mass is 492 g/mol. The summed E-state index contributed by atoms with van der Waals surface area (Å²) < 4.78 is 56.8. The van der Waals surface area contributed by atoms with E-state index in [0.29, 0.717) is 60.0 Å². The van der Waals surface area contributed by atoms with Crippen LogP contribution in [-0.4, -0.2) is 53.3 Å². The Kier molecular flexibility index (Phi) is 6.98. The third kappa shape index (κ3) is 4.42. The smallest absolute Gasteiger partial charge is 0.266 e. The highest BCUT2D eigenvalue weighted by molar-refractivity contribution is 7.99. The van der Waals surface area contributed by atoms with Crippen molar-refractivity contribution >= 4 is 14.9 Å². The predicted molar refractivity (Wildman–Crippen MR) is 122 cm³/mol. The number of hydrogen-bond donors (Lipinski definition) is 2. The summed E-state index contributed by atoms with van der Waals surface area (Å²) in [7, 11) is 2.00. The fourth-order valence-electron chi connectivity index (χ4n) is 4.24. The Morgan fingerprint density at radius 3 is 2.59 bits per heavy atom. The molecule has 0 saturated carbocycles. The Hall–Kier alpha value is -3.25. The Morgan fingerprint density at radius 1 is 1.06 bits per heavy atom. The summed E-state index contributed by atoms with van der Waals surface area (Å²) in [5.41, 5.74) is 1.99. The maximum absolute atomic E-state index is 13.7. The molecule has 34 heavy (non-hydrogen) atoms. The van der Waals surface area contributed by atoms with Crippen LogP contribution in [0.1, 0.15) is 37.1 Å². The maximum Gasteiger partial charge on any atom is 0.266 e. The third-order valence-electron chi connectivity index (χ3n) is 5.82. The van der Waals surface area contributed by atoms with Gasteiger partial charge in [-0.25, -0.2) is 13.0 Å². The van der Waals surface area contributed by atoms with Crippen molar-refractivity contribution in [3.8, 4) is 0 Å². The lowest BCUT2D eigenvalue weighted by molar-refractivity contribution is 0.0771. The predicted octanol–water partition coefficient (Wildman–Crippen LogP) is 2.21. The maximum atomic E-state index is 13.7. The number of rotatable bonds is 9. The summed E-state index contributed by atoms with van der Waals surface area (Å²) >= 11 is 0. The quantitative estimate of drug-likeness (QED) is 0.528. The zero-order chi connectivity index (χ0) is 24.3. The molecule has 0 fully saturated rings. The van der Waals surface area contributed by atoms with Crippen LogP contribution in [0.15, 0.2) is 57.2 Å². The number of allylic oxidation sites excluding steroid dienone is 4. The van der Waals surface area contributed by atoms with Gasteiger partial charge < -0.3 is 24.3 Å². The molecule has 3 aliphatic rings. The number of nitrogens with zero attached hydrogens (tertiary/aromatic N) is 2. The first-order chi connectivity index (χ1) is 16.4. The first-order valence-electron chi connectivity index (χ1n) is 10.8. The Labute approximate surface area is 198 Å². The second-order valence-corrected chi connectivity index (χ2v) is 9.38. The average Bonchev–Trinajstić information content (AvgIpc) is 3.31. The SMILES string of the molecule is COC1=C(OC)C(NC2=C(S(=O)(=O)NC3=C(OC)C(OC)CC=C3)c3nonc3CC2)=CCC1. The molecule has 0 radical (unpaired) electrons. The van der Waals surface area contributed by atoms with Crippen molar-refractivity contribution in [3.05, 3.63) is 64.0 Å². The number of fused-ring (bicyclic) bond motifs is 1. The third-order valence-corrected chi connectivity index (χ3v) is 7.29. The second-order valence-electron chi connectivity index (χ2n) is 7.76. The van der Waals surface area contributed by atoms with Crippen LogP contribution in [0.2, 0.25) is 0 Å². The summed E-state index contributed by atoms with van der Waals surface area (Å²) in [4.78, 5) is -0.0493. The van der Waals surface area contributed by atoms with Gasteiger partial charge >= 0.3 is 0 Å². The van der Waals surface area contributed by atoms with Crippen molar-refractivity contribution < 1.29 is 32.0 Å². The van der Waals surface area contributed by atoms with E-state index in [0.717, 1.165) is 6.42 Å². The molecule has 11 nitrogen and oxygen atoms in total. The van der Waals surface area contributed by atoms with E-state index in [-0.39, 0.29) is 16.3 Å². The van der Waals surface area contributed by atoms with Gasteiger partial charge in [0.2, 0.25) is 0 Å². The molecule has 12 heteroatoms. The summed E-state index contributed by atoms with van der Waals surface area (Å²) in [6, 6.07) is 0. The van der Waals surface area contributed by atoms with Crippen molar-refractivity contribution in [2.45, 2.75) is 38.2 Å². The van der Waals surface area contributed by atoms with Gasteiger partial charge in [0.25, 0.3) is 10.0 Å². The van der Waals surface area contributed by atoms with Crippen molar-refractivity contribution in [3.63, 3.8) is 0 Å². The van der Waals surface area contributed by atoms with Crippen LogP contribution < -0.4 is 10.0 Å². The number of ether oxygens (including phenoxy) is 4. The van der Waals surface area contributed by atoms with Gasteiger partial charge in [-0.05, 0) is 30.5 Å². The van der Waals surface area contributed by atoms with Gasteiger partial charge in [0.05, 0.1) is 32.7 Å². The number of aromatic nitrogens is 2. The fraction of sp³-hybridized carbons (Fsp3) is 0.455. The molecule has 0 amide bonds. The highest BCUT2D eigenvalue weighted by Gasteiger charge is 2.36. The lowest BCUT2D eigenvalue weighted by Crippen LogP contribution is -2.32. The largest absolute Gasteiger partial charge is 0.497 e. The van der Waals surface area contributed by atoms with E-state index >= 15 is 0 Å². The summed E-state index contributed by atoms with van der Waals surface area (Å²) in [6.45, 7) is 0. The molecule has 1 aromatic rings. The van der Waals surface area contributed by atoms with Gasteiger partial charge in [0, 0.05) is 25.6 Å². The van der Waals surface area contributed by atoms with Crippen LogP contribution >= 0.6 is 0 Å². The second kappa shape index (κ2) is 9.94. The molecule has 0 spiro atoms. The zero-order valence-electron chi connectivity index (χ0n) is 19.5. The molecule has 1 aromatic heterocycles. The van der Waals surface area contributed by atoms with E-state index < -0.39 is 16.1 Å². The van der Waals surface area contributed by atoms with E-state index in [1.54, 1.807) is 27.4 Å². The highest BCUT2D eigenvalue weighted by atomic mass is 32.2. The number of nitrogens with one attached hydrogen (secondary N) is 2. The standard InChI is InChI=1S/C22H28N4O7S/c1-29-17-9-5-7-14(20(17)31-3)23-16-12-11-13-19(25-33-24-13)22(16)34(27,28)26-15-8-6-10-18(30-2)21(15)32-4/h6-8,18,23,26H,5,9-12H2,1-4H3. The Balaban J connectivity index is 1.77. The average molecular weight is 493 g/mol. The van der Waals surface area contributed by atoms with Gasteiger partial charge in [-0.1, -0.05) is 17.3 Å². The number of sulfonamides is 1. The summed E-state index contributed by atoms with van der Waals surface area (Å²) in [6.07, 6.45) is 7.84. The van der Waals surface area contributed by atoms with E-state index in [4.69, 9.17) is 23.6 Å². The summed E-state index contributed by atoms with van der Waals surface area (Å²) in [5, 5.41) is 11.0. The van der Waals surface area contributed by atoms with Crippen LogP contribution in [0.5, 0.6) is 0 Å². The fourth-order valence-corrected chi connectivity index (χ4v) is 5.69.